The van der Waals surface area contributed by atoms with Gasteiger partial charge in [-0.2, -0.15) is 5.10 Å². The van der Waals surface area contributed by atoms with E-state index in [0.29, 0.717) is 6.54 Å². The van der Waals surface area contributed by atoms with E-state index in [1.807, 2.05) is 11.7 Å². The lowest BCUT2D eigenvalue weighted by Crippen LogP contribution is -2.39. The summed E-state index contributed by atoms with van der Waals surface area (Å²) in [6.07, 6.45) is 3.85. The second kappa shape index (κ2) is 11.8. The number of aryl methyl sites for hydroxylation is 2. The van der Waals surface area contributed by atoms with Crippen molar-refractivity contribution < 1.29 is 0 Å². The molecule has 150 valence electrons. The monoisotopic (exact) mass is 476 g/mol. The molecule has 1 aliphatic rings. The Bertz CT molecular complexity index is 561. The first-order chi connectivity index (χ1) is 12.0. The van der Waals surface area contributed by atoms with Crippen LogP contribution in [0.3, 0.4) is 0 Å². The van der Waals surface area contributed by atoms with Gasteiger partial charge in [-0.25, -0.2) is 4.99 Å². The maximum absolute atomic E-state index is 4.74. The fraction of sp³-hybridized carbons (Fsp3) is 0.789. The first kappa shape index (κ1) is 23.2. The number of likely N-dealkylation sites (tertiary alicyclic amines) is 1. The first-order valence-electron chi connectivity index (χ1n) is 9.74. The molecule has 0 saturated carbocycles. The molecule has 0 spiro atoms. The second-order valence-corrected chi connectivity index (χ2v) is 7.27. The molecule has 0 radical (unpaired) electrons. The number of halogens is 1. The van der Waals surface area contributed by atoms with Crippen molar-refractivity contribution in [3.05, 3.63) is 17.0 Å². The molecule has 1 aromatic rings. The number of piperidine rings is 1. The van der Waals surface area contributed by atoms with Gasteiger partial charge in [-0.1, -0.05) is 6.92 Å². The van der Waals surface area contributed by atoms with Gasteiger partial charge in [-0.3, -0.25) is 4.68 Å². The molecule has 26 heavy (non-hydrogen) atoms. The zero-order valence-corrected chi connectivity index (χ0v) is 19.5. The molecule has 0 aliphatic carbocycles. The Morgan fingerprint density at radius 3 is 2.50 bits per heavy atom. The van der Waals surface area contributed by atoms with Crippen LogP contribution in [0.15, 0.2) is 4.99 Å². The fourth-order valence-corrected chi connectivity index (χ4v) is 3.34. The summed E-state index contributed by atoms with van der Waals surface area (Å²) in [7, 11) is 1.99. The van der Waals surface area contributed by atoms with Gasteiger partial charge < -0.3 is 15.5 Å². The number of hydrogen-bond donors (Lipinski definition) is 2. The number of hydrogen-bond acceptors (Lipinski definition) is 3. The average Bonchev–Trinajstić information content (AvgIpc) is 2.83. The fourth-order valence-electron chi connectivity index (χ4n) is 3.34. The molecule has 2 N–H and O–H groups in total. The van der Waals surface area contributed by atoms with Crippen molar-refractivity contribution in [3.8, 4) is 0 Å². The molecular weight excluding hydrogens is 439 g/mol. The molecule has 6 nitrogen and oxygen atoms in total. The summed E-state index contributed by atoms with van der Waals surface area (Å²) >= 11 is 0. The minimum Gasteiger partial charge on any atom is -0.357 e. The predicted octanol–water partition coefficient (Wildman–Crippen LogP) is 2.83. The van der Waals surface area contributed by atoms with Crippen LogP contribution in [0.5, 0.6) is 0 Å². The quantitative estimate of drug-likeness (QED) is 0.275. The molecule has 1 aliphatic heterocycles. The Morgan fingerprint density at radius 1 is 1.23 bits per heavy atom. The summed E-state index contributed by atoms with van der Waals surface area (Å²) in [6, 6.07) is 0. The maximum atomic E-state index is 4.74. The van der Waals surface area contributed by atoms with Crippen LogP contribution in [0.1, 0.15) is 50.1 Å². The predicted molar refractivity (Wildman–Crippen MR) is 120 cm³/mol. The third kappa shape index (κ3) is 7.06. The molecule has 1 saturated heterocycles. The number of nitrogens with zero attached hydrogens (tertiary/aromatic N) is 4. The van der Waals surface area contributed by atoms with Gasteiger partial charge in [0.05, 0.1) is 12.2 Å². The number of nitrogens with one attached hydrogen (secondary N) is 2. The van der Waals surface area contributed by atoms with Gasteiger partial charge in [-0.15, -0.1) is 24.0 Å². The normalized spacial score (nSPS) is 16.4. The average molecular weight is 476 g/mol. The van der Waals surface area contributed by atoms with Gasteiger partial charge >= 0.3 is 0 Å². The van der Waals surface area contributed by atoms with E-state index in [9.17, 15) is 0 Å². The van der Waals surface area contributed by atoms with E-state index in [4.69, 9.17) is 4.99 Å². The van der Waals surface area contributed by atoms with E-state index < -0.39 is 0 Å². The SMILES string of the molecule is CCNC(=NCc1c(C)nn(C)c1C)NCCCN1CCC(C)CC1.I. The molecule has 2 heterocycles. The highest BCUT2D eigenvalue weighted by molar-refractivity contribution is 14.0. The van der Waals surface area contributed by atoms with E-state index in [1.165, 1.54) is 43.7 Å². The van der Waals surface area contributed by atoms with Crippen LogP contribution in [0.25, 0.3) is 0 Å². The highest BCUT2D eigenvalue weighted by atomic mass is 127. The zero-order valence-electron chi connectivity index (χ0n) is 17.1. The van der Waals surface area contributed by atoms with Crippen LogP contribution in [0.4, 0.5) is 0 Å². The van der Waals surface area contributed by atoms with Crippen molar-refractivity contribution in [1.29, 1.82) is 0 Å². The molecule has 1 fully saturated rings. The number of rotatable bonds is 7. The van der Waals surface area contributed by atoms with E-state index in [-0.39, 0.29) is 24.0 Å². The molecule has 0 amide bonds. The molecule has 0 bridgehead atoms. The van der Waals surface area contributed by atoms with E-state index in [0.717, 1.165) is 37.1 Å². The highest BCUT2D eigenvalue weighted by Gasteiger charge is 2.14. The summed E-state index contributed by atoms with van der Waals surface area (Å²) in [4.78, 5) is 7.33. The summed E-state index contributed by atoms with van der Waals surface area (Å²) in [5, 5.41) is 11.3. The maximum Gasteiger partial charge on any atom is 0.191 e. The molecule has 0 atom stereocenters. The Balaban J connectivity index is 0.00000338. The van der Waals surface area contributed by atoms with Gasteiger partial charge in [0.2, 0.25) is 0 Å². The van der Waals surface area contributed by atoms with Gasteiger partial charge in [0.15, 0.2) is 5.96 Å². The largest absolute Gasteiger partial charge is 0.357 e. The summed E-state index contributed by atoms with van der Waals surface area (Å²) < 4.78 is 1.93. The third-order valence-corrected chi connectivity index (χ3v) is 5.22. The first-order valence-corrected chi connectivity index (χ1v) is 9.74. The second-order valence-electron chi connectivity index (χ2n) is 7.27. The highest BCUT2D eigenvalue weighted by Crippen LogP contribution is 2.15. The Morgan fingerprint density at radius 2 is 1.92 bits per heavy atom. The van der Waals surface area contributed by atoms with Crippen molar-refractivity contribution in [2.75, 3.05) is 32.7 Å². The van der Waals surface area contributed by atoms with Crippen LogP contribution in [-0.2, 0) is 13.6 Å². The Kier molecular flexibility index (Phi) is 10.5. The van der Waals surface area contributed by atoms with Crippen molar-refractivity contribution in [2.45, 2.75) is 53.5 Å². The number of aromatic nitrogens is 2. The number of aliphatic imine (C=N–C) groups is 1. The van der Waals surface area contributed by atoms with Crippen molar-refractivity contribution >= 4 is 29.9 Å². The molecular formula is C19H37IN6. The van der Waals surface area contributed by atoms with Crippen molar-refractivity contribution in [1.82, 2.24) is 25.3 Å². The lowest BCUT2D eigenvalue weighted by molar-refractivity contribution is 0.191. The summed E-state index contributed by atoms with van der Waals surface area (Å²) in [5.41, 5.74) is 3.48. The minimum atomic E-state index is 0. The topological polar surface area (TPSA) is 57.5 Å². The van der Waals surface area contributed by atoms with Crippen molar-refractivity contribution in [3.63, 3.8) is 0 Å². The summed E-state index contributed by atoms with van der Waals surface area (Å²) in [5.74, 6) is 1.80. The summed E-state index contributed by atoms with van der Waals surface area (Å²) in [6.45, 7) is 14.8. The number of guanidine groups is 1. The van der Waals surface area contributed by atoms with E-state index >= 15 is 0 Å². The van der Waals surface area contributed by atoms with Crippen LogP contribution in [-0.4, -0.2) is 53.4 Å². The zero-order chi connectivity index (χ0) is 18.2. The molecule has 0 unspecified atom stereocenters. The third-order valence-electron chi connectivity index (χ3n) is 5.22. The van der Waals surface area contributed by atoms with E-state index in [2.05, 4.69) is 48.3 Å². The molecule has 0 aromatic carbocycles. The smallest absolute Gasteiger partial charge is 0.191 e. The Hall–Kier alpha value is -0.830. The lowest BCUT2D eigenvalue weighted by atomic mass is 9.99. The molecule has 1 aromatic heterocycles. The molecule has 7 heteroatoms. The van der Waals surface area contributed by atoms with E-state index in [1.54, 1.807) is 0 Å². The van der Waals surface area contributed by atoms with Crippen LogP contribution in [0.2, 0.25) is 0 Å². The van der Waals surface area contributed by atoms with Gasteiger partial charge in [-0.05, 0) is 65.6 Å². The van der Waals surface area contributed by atoms with Gasteiger partial charge in [0, 0.05) is 31.4 Å². The van der Waals surface area contributed by atoms with Crippen LogP contribution < -0.4 is 10.6 Å². The van der Waals surface area contributed by atoms with Gasteiger partial charge in [0.1, 0.15) is 0 Å². The van der Waals surface area contributed by atoms with Gasteiger partial charge in [0.25, 0.3) is 0 Å². The minimum absolute atomic E-state index is 0. The molecule has 2 rings (SSSR count). The van der Waals surface area contributed by atoms with Crippen LogP contribution in [0, 0.1) is 19.8 Å². The lowest BCUT2D eigenvalue weighted by Gasteiger charge is -2.30. The Labute approximate surface area is 176 Å². The van der Waals surface area contributed by atoms with Crippen molar-refractivity contribution in [2.24, 2.45) is 18.0 Å². The standard InChI is InChI=1S/C19H36N6.HI/c1-6-20-19(22-14-18-16(3)23-24(5)17(18)4)21-10-7-11-25-12-8-15(2)9-13-25;/h15H,6-14H2,1-5H3,(H2,20,21,22);1H. The van der Waals surface area contributed by atoms with Crippen LogP contribution >= 0.6 is 24.0 Å².